The predicted octanol–water partition coefficient (Wildman–Crippen LogP) is 0.599. The van der Waals surface area contributed by atoms with E-state index >= 15 is 0 Å². The number of hydrogen-bond donors (Lipinski definition) is 4. The Labute approximate surface area is 109 Å². The lowest BCUT2D eigenvalue weighted by atomic mass is 10.0. The Bertz CT molecular complexity index is 465. The number of nitrogens with one attached hydrogen (secondary N) is 1. The van der Waals surface area contributed by atoms with Gasteiger partial charge in [-0.15, -0.1) is 11.8 Å². The molecule has 1 aromatic rings. The van der Waals surface area contributed by atoms with Crippen molar-refractivity contribution in [2.45, 2.75) is 23.8 Å². The molecule has 1 aromatic carbocycles. The number of fused-ring (bicyclic) bond motifs is 1. The van der Waals surface area contributed by atoms with Crippen molar-refractivity contribution in [1.29, 1.82) is 0 Å². The van der Waals surface area contributed by atoms with Crippen LogP contribution in [0.3, 0.4) is 0 Å². The van der Waals surface area contributed by atoms with Crippen molar-refractivity contribution in [2.24, 2.45) is 0 Å². The van der Waals surface area contributed by atoms with Crippen LogP contribution in [0, 0.1) is 0 Å². The number of hydrogen-bond acceptors (Lipinski definition) is 5. The van der Waals surface area contributed by atoms with E-state index in [1.807, 2.05) is 12.1 Å². The quantitative estimate of drug-likeness (QED) is 0.474. The van der Waals surface area contributed by atoms with Gasteiger partial charge in [-0.1, -0.05) is 0 Å². The molecule has 5 N–H and O–H groups in total. The summed E-state index contributed by atoms with van der Waals surface area (Å²) in [5.74, 6) is 0.381. The topological polar surface area (TPSA) is 95.6 Å². The molecule has 0 aliphatic carbocycles. The smallest absolute Gasteiger partial charge is 0.224 e. The minimum atomic E-state index is -0.764. The first-order valence-corrected chi connectivity index (χ1v) is 6.72. The summed E-state index contributed by atoms with van der Waals surface area (Å²) in [7, 11) is 0. The average molecular weight is 268 g/mol. The first kappa shape index (κ1) is 13.2. The highest BCUT2D eigenvalue weighted by molar-refractivity contribution is 7.99. The zero-order valence-corrected chi connectivity index (χ0v) is 10.7. The van der Waals surface area contributed by atoms with E-state index in [-0.39, 0.29) is 12.5 Å². The minimum Gasteiger partial charge on any atom is -0.398 e. The molecule has 1 amide bonds. The summed E-state index contributed by atoms with van der Waals surface area (Å²) in [6.07, 6.45) is 0.428. The van der Waals surface area contributed by atoms with Crippen LogP contribution in [0.25, 0.3) is 0 Å². The van der Waals surface area contributed by atoms with Crippen molar-refractivity contribution < 1.29 is 15.0 Å². The summed E-state index contributed by atoms with van der Waals surface area (Å²) in [5, 5.41) is 20.9. The summed E-state index contributed by atoms with van der Waals surface area (Å²) in [4.78, 5) is 12.1. The number of nitrogen functional groups attached to an aromatic ring is 1. The van der Waals surface area contributed by atoms with Gasteiger partial charge in [0.25, 0.3) is 0 Å². The molecular formula is C12H16N2O3S. The van der Waals surface area contributed by atoms with Crippen LogP contribution in [0.15, 0.2) is 17.0 Å². The van der Waals surface area contributed by atoms with E-state index in [0.29, 0.717) is 24.3 Å². The van der Waals surface area contributed by atoms with E-state index in [2.05, 4.69) is 5.32 Å². The minimum absolute atomic E-state index is 0.0126. The molecule has 0 spiro atoms. The first-order valence-electron chi connectivity index (χ1n) is 5.74. The molecule has 0 aromatic heterocycles. The van der Waals surface area contributed by atoms with Gasteiger partial charge in [0.05, 0.1) is 12.7 Å². The molecule has 0 radical (unpaired) electrons. The summed E-state index contributed by atoms with van der Waals surface area (Å²) in [6.45, 7) is -0.269. The van der Waals surface area contributed by atoms with Gasteiger partial charge in [-0.25, -0.2) is 0 Å². The van der Waals surface area contributed by atoms with Gasteiger partial charge in [-0.05, 0) is 24.1 Å². The fourth-order valence-electron chi connectivity index (χ4n) is 1.79. The van der Waals surface area contributed by atoms with Gasteiger partial charge in [-0.3, -0.25) is 4.79 Å². The van der Waals surface area contributed by atoms with Gasteiger partial charge < -0.3 is 21.3 Å². The van der Waals surface area contributed by atoms with Crippen LogP contribution in [0.4, 0.5) is 11.4 Å². The van der Waals surface area contributed by atoms with Crippen molar-refractivity contribution in [3.8, 4) is 0 Å². The maximum absolute atomic E-state index is 11.3. The average Bonchev–Trinajstić information content (AvgIpc) is 2.36. The van der Waals surface area contributed by atoms with E-state index in [0.717, 1.165) is 16.1 Å². The van der Waals surface area contributed by atoms with Crippen LogP contribution in [-0.4, -0.2) is 34.6 Å². The molecule has 18 heavy (non-hydrogen) atoms. The van der Waals surface area contributed by atoms with Gasteiger partial charge in [-0.2, -0.15) is 0 Å². The summed E-state index contributed by atoms with van der Waals surface area (Å²) in [5.41, 5.74) is 8.40. The maximum atomic E-state index is 11.3. The van der Waals surface area contributed by atoms with Gasteiger partial charge in [0.15, 0.2) is 0 Å². The highest BCUT2D eigenvalue weighted by atomic mass is 32.2. The van der Waals surface area contributed by atoms with Crippen molar-refractivity contribution in [3.63, 3.8) is 0 Å². The number of aliphatic hydroxyl groups excluding tert-OH is 2. The zero-order chi connectivity index (χ0) is 13.1. The molecule has 0 saturated heterocycles. The lowest BCUT2D eigenvalue weighted by Gasteiger charge is -2.19. The van der Waals surface area contributed by atoms with Gasteiger partial charge in [0.2, 0.25) is 5.91 Å². The second kappa shape index (κ2) is 5.60. The van der Waals surface area contributed by atoms with Crippen LogP contribution in [0.2, 0.25) is 0 Å². The number of benzene rings is 1. The van der Waals surface area contributed by atoms with Gasteiger partial charge in [0.1, 0.15) is 0 Å². The van der Waals surface area contributed by atoms with E-state index in [1.54, 1.807) is 0 Å². The monoisotopic (exact) mass is 268 g/mol. The van der Waals surface area contributed by atoms with E-state index in [4.69, 9.17) is 10.8 Å². The highest BCUT2D eigenvalue weighted by Crippen LogP contribution is 2.33. The number of carbonyl (C=O) groups excluding carboxylic acids is 1. The van der Waals surface area contributed by atoms with Crippen LogP contribution >= 0.6 is 11.8 Å². The van der Waals surface area contributed by atoms with E-state index in [1.165, 1.54) is 11.8 Å². The highest BCUT2D eigenvalue weighted by Gasteiger charge is 2.17. The van der Waals surface area contributed by atoms with Crippen molar-refractivity contribution >= 4 is 29.0 Å². The number of carbonyl (C=O) groups is 1. The summed E-state index contributed by atoms with van der Waals surface area (Å²) in [6, 6.07) is 3.69. The lowest BCUT2D eigenvalue weighted by Crippen LogP contribution is -2.19. The van der Waals surface area contributed by atoms with Crippen molar-refractivity contribution in [3.05, 3.63) is 17.7 Å². The molecule has 0 fully saturated rings. The normalized spacial score (nSPS) is 16.0. The number of anilines is 2. The third kappa shape index (κ3) is 2.95. The number of aliphatic hydroxyl groups is 2. The third-order valence-corrected chi connectivity index (χ3v) is 3.99. The van der Waals surface area contributed by atoms with Crippen LogP contribution in [-0.2, 0) is 11.2 Å². The van der Waals surface area contributed by atoms with E-state index in [9.17, 15) is 9.90 Å². The SMILES string of the molecule is Nc1cc2c(cc1SCC(O)CO)NC(=O)CC2. The Morgan fingerprint density at radius 1 is 1.44 bits per heavy atom. The Hall–Kier alpha value is -1.24. The van der Waals surface area contributed by atoms with Gasteiger partial charge in [0, 0.05) is 28.4 Å². The number of aryl methyl sites for hydroxylation is 1. The fraction of sp³-hybridized carbons (Fsp3) is 0.417. The molecule has 98 valence electrons. The van der Waals surface area contributed by atoms with Crippen molar-refractivity contribution in [2.75, 3.05) is 23.4 Å². The van der Waals surface area contributed by atoms with Crippen LogP contribution < -0.4 is 11.1 Å². The molecule has 5 nitrogen and oxygen atoms in total. The van der Waals surface area contributed by atoms with Gasteiger partial charge >= 0.3 is 0 Å². The Morgan fingerprint density at radius 2 is 2.22 bits per heavy atom. The lowest BCUT2D eigenvalue weighted by molar-refractivity contribution is -0.116. The first-order chi connectivity index (χ1) is 8.60. The molecule has 6 heteroatoms. The molecule has 1 aliphatic rings. The molecule has 2 rings (SSSR count). The molecule has 1 unspecified atom stereocenters. The van der Waals surface area contributed by atoms with Crippen LogP contribution in [0.1, 0.15) is 12.0 Å². The molecule has 0 saturated carbocycles. The maximum Gasteiger partial charge on any atom is 0.224 e. The molecular weight excluding hydrogens is 252 g/mol. The standard InChI is InChI=1S/C12H16N2O3S/c13-9-3-7-1-2-12(17)14-10(7)4-11(9)18-6-8(16)5-15/h3-4,8,15-16H,1-2,5-6,13H2,(H,14,17). The Balaban J connectivity index is 2.16. The molecule has 1 aliphatic heterocycles. The number of rotatable bonds is 4. The van der Waals surface area contributed by atoms with Crippen molar-refractivity contribution in [1.82, 2.24) is 0 Å². The van der Waals surface area contributed by atoms with Crippen LogP contribution in [0.5, 0.6) is 0 Å². The zero-order valence-electron chi connectivity index (χ0n) is 9.85. The molecule has 1 atom stereocenters. The molecule has 0 bridgehead atoms. The predicted molar refractivity (Wildman–Crippen MR) is 71.6 cm³/mol. The molecule has 1 heterocycles. The largest absolute Gasteiger partial charge is 0.398 e. The fourth-order valence-corrected chi connectivity index (χ4v) is 2.70. The summed E-state index contributed by atoms with van der Waals surface area (Å²) < 4.78 is 0. The Kier molecular flexibility index (Phi) is 4.11. The third-order valence-electron chi connectivity index (χ3n) is 2.77. The Morgan fingerprint density at radius 3 is 2.94 bits per heavy atom. The summed E-state index contributed by atoms with van der Waals surface area (Å²) >= 11 is 1.37. The second-order valence-electron chi connectivity index (χ2n) is 4.24. The second-order valence-corrected chi connectivity index (χ2v) is 5.30. The number of thioether (sulfide) groups is 1. The number of amides is 1. The van der Waals surface area contributed by atoms with E-state index < -0.39 is 6.10 Å². The number of nitrogens with two attached hydrogens (primary N) is 1.